The summed E-state index contributed by atoms with van der Waals surface area (Å²) >= 11 is 0. The molecule has 2 aromatic rings. The van der Waals surface area contributed by atoms with Crippen molar-refractivity contribution in [2.75, 3.05) is 0 Å². The highest BCUT2D eigenvalue weighted by Crippen LogP contribution is 2.31. The van der Waals surface area contributed by atoms with Crippen LogP contribution in [0.5, 0.6) is 0 Å². The molecule has 0 atom stereocenters. The van der Waals surface area contributed by atoms with Crippen molar-refractivity contribution in [1.29, 1.82) is 0 Å². The molecule has 2 rings (SSSR count). The van der Waals surface area contributed by atoms with Crippen LogP contribution in [-0.4, -0.2) is 26.5 Å². The molecule has 0 saturated heterocycles. The van der Waals surface area contributed by atoms with Crippen LogP contribution in [0.15, 0.2) is 66.4 Å². The first-order valence-electron chi connectivity index (χ1n) is 9.34. The van der Waals surface area contributed by atoms with E-state index >= 15 is 0 Å². The van der Waals surface area contributed by atoms with Gasteiger partial charge in [0.2, 0.25) is 5.78 Å². The molecule has 0 N–H and O–H groups in total. The zero-order valence-corrected chi connectivity index (χ0v) is 17.3. The predicted molar refractivity (Wildman–Crippen MR) is 106 cm³/mol. The number of halogens is 10. The molecular formula is C20H10B2F10O4. The number of carbonyl (C=O) groups excluding carboxylic acids is 2. The number of ketones is 2. The fraction of sp³-hybridized carbons (Fsp3) is 0.100. The summed E-state index contributed by atoms with van der Waals surface area (Å²) in [6.07, 6.45) is -9.16. The molecule has 0 bridgehead atoms. The first-order chi connectivity index (χ1) is 16.6. The van der Waals surface area contributed by atoms with E-state index in [1.54, 1.807) is 0 Å². The SMILES string of the molecule is O=C(/C=C(\OB(F)F)c1ccc(C(F)(F)F)cc1)/C(=C/C(=O)c1ccc(C(F)(F)F)cc1)OB(F)F. The molecule has 0 saturated carbocycles. The van der Waals surface area contributed by atoms with Gasteiger partial charge in [-0.25, -0.2) is 17.3 Å². The van der Waals surface area contributed by atoms with Crippen molar-refractivity contribution in [2.24, 2.45) is 0 Å². The standard InChI is InChI=1S/C20H10B2F10O4/c23-19(24,25)13-5-1-11(2-6-13)15(33)9-18(36-22(31)32)16(34)10-17(35-21(29)30)12-3-7-14(8-4-12)20(26,27)28/h1-10H/b17-10-,18-9-. The van der Waals surface area contributed by atoms with Crippen molar-refractivity contribution in [1.82, 2.24) is 0 Å². The van der Waals surface area contributed by atoms with E-state index in [0.29, 0.717) is 48.5 Å². The number of carbonyl (C=O) groups is 2. The monoisotopic (exact) mass is 526 g/mol. The first-order valence-corrected chi connectivity index (χ1v) is 9.34. The van der Waals surface area contributed by atoms with Gasteiger partial charge in [-0.1, -0.05) is 24.3 Å². The third kappa shape index (κ3) is 8.20. The number of benzene rings is 2. The van der Waals surface area contributed by atoms with Crippen LogP contribution in [0.2, 0.25) is 0 Å². The normalized spacial score (nSPS) is 12.7. The quantitative estimate of drug-likeness (QED) is 0.127. The predicted octanol–water partition coefficient (Wildman–Crippen LogP) is 6.28. The first kappa shape index (κ1) is 28.5. The third-order valence-electron chi connectivity index (χ3n) is 4.19. The maximum absolute atomic E-state index is 12.8. The molecule has 16 heteroatoms. The number of allylic oxidation sites excluding steroid dienone is 2. The van der Waals surface area contributed by atoms with Crippen LogP contribution in [0.1, 0.15) is 27.0 Å². The zero-order valence-electron chi connectivity index (χ0n) is 17.3. The second-order valence-electron chi connectivity index (χ2n) is 6.65. The molecule has 0 aliphatic rings. The molecule has 0 amide bonds. The Hall–Kier alpha value is -3.71. The molecule has 0 aliphatic heterocycles. The second kappa shape index (κ2) is 11.4. The molecule has 36 heavy (non-hydrogen) atoms. The molecule has 0 fully saturated rings. The summed E-state index contributed by atoms with van der Waals surface area (Å²) in [7, 11) is -7.29. The van der Waals surface area contributed by atoms with Crippen LogP contribution < -0.4 is 0 Å². The Morgan fingerprint density at radius 2 is 1.06 bits per heavy atom. The molecule has 0 unspecified atom stereocenters. The van der Waals surface area contributed by atoms with E-state index in [9.17, 15) is 53.2 Å². The van der Waals surface area contributed by atoms with Crippen LogP contribution in [0, 0.1) is 0 Å². The zero-order chi connectivity index (χ0) is 27.3. The summed E-state index contributed by atoms with van der Waals surface area (Å²) < 4.78 is 135. The van der Waals surface area contributed by atoms with Gasteiger partial charge in [0.1, 0.15) is 5.76 Å². The van der Waals surface area contributed by atoms with Crippen LogP contribution in [-0.2, 0) is 26.5 Å². The molecule has 0 spiro atoms. The van der Waals surface area contributed by atoms with Crippen molar-refractivity contribution in [3.05, 3.63) is 88.7 Å². The van der Waals surface area contributed by atoms with Gasteiger partial charge in [-0.15, -0.1) is 0 Å². The minimum atomic E-state index is -4.78. The smallest absolute Gasteiger partial charge is 0.505 e. The highest BCUT2D eigenvalue weighted by atomic mass is 19.4. The van der Waals surface area contributed by atoms with Crippen LogP contribution in [0.3, 0.4) is 0 Å². The Kier molecular flexibility index (Phi) is 8.99. The fourth-order valence-electron chi connectivity index (χ4n) is 2.58. The third-order valence-corrected chi connectivity index (χ3v) is 4.19. The molecule has 0 aromatic heterocycles. The van der Waals surface area contributed by atoms with Crippen molar-refractivity contribution in [3.63, 3.8) is 0 Å². The minimum Gasteiger partial charge on any atom is -0.505 e. The van der Waals surface area contributed by atoms with Gasteiger partial charge < -0.3 is 9.31 Å². The number of hydrogen-bond donors (Lipinski definition) is 0. The van der Waals surface area contributed by atoms with Gasteiger partial charge in [-0.05, 0) is 24.3 Å². The van der Waals surface area contributed by atoms with Gasteiger partial charge >= 0.3 is 27.3 Å². The van der Waals surface area contributed by atoms with Gasteiger partial charge in [0.15, 0.2) is 11.5 Å². The van der Waals surface area contributed by atoms with Crippen LogP contribution in [0.25, 0.3) is 5.76 Å². The molecule has 190 valence electrons. The molecule has 2 aromatic carbocycles. The van der Waals surface area contributed by atoms with Gasteiger partial charge in [0, 0.05) is 23.3 Å². The summed E-state index contributed by atoms with van der Waals surface area (Å²) in [6, 6.07) is 4.67. The molecule has 0 heterocycles. The van der Waals surface area contributed by atoms with E-state index in [2.05, 4.69) is 9.31 Å². The van der Waals surface area contributed by atoms with Gasteiger partial charge in [0.25, 0.3) is 0 Å². The summed E-state index contributed by atoms with van der Waals surface area (Å²) in [5, 5.41) is 0. The van der Waals surface area contributed by atoms with Crippen molar-refractivity contribution in [2.45, 2.75) is 12.4 Å². The van der Waals surface area contributed by atoms with Gasteiger partial charge in [-0.3, -0.25) is 9.59 Å². The largest absolute Gasteiger partial charge is 0.796 e. The van der Waals surface area contributed by atoms with E-state index in [1.165, 1.54) is 0 Å². The lowest BCUT2D eigenvalue weighted by atomic mass is 10.1. The number of hydrogen-bond acceptors (Lipinski definition) is 4. The lowest BCUT2D eigenvalue weighted by Gasteiger charge is -2.12. The lowest BCUT2D eigenvalue weighted by Crippen LogP contribution is -2.15. The van der Waals surface area contributed by atoms with E-state index in [4.69, 9.17) is 0 Å². The minimum absolute atomic E-state index is 0.170. The summed E-state index contributed by atoms with van der Waals surface area (Å²) in [4.78, 5) is 24.7. The summed E-state index contributed by atoms with van der Waals surface area (Å²) in [6.45, 7) is 0. The Balaban J connectivity index is 2.42. The molecular weight excluding hydrogens is 516 g/mol. The number of alkyl halides is 6. The average Bonchev–Trinajstić information content (AvgIpc) is 2.76. The van der Waals surface area contributed by atoms with Crippen molar-refractivity contribution < 1.29 is 62.5 Å². The van der Waals surface area contributed by atoms with E-state index in [0.717, 1.165) is 0 Å². The second-order valence-corrected chi connectivity index (χ2v) is 6.65. The molecule has 4 nitrogen and oxygen atoms in total. The molecule has 0 aliphatic carbocycles. The van der Waals surface area contributed by atoms with Crippen LogP contribution in [0.4, 0.5) is 43.6 Å². The fourth-order valence-corrected chi connectivity index (χ4v) is 2.58. The number of rotatable bonds is 9. The highest BCUT2D eigenvalue weighted by molar-refractivity contribution is 6.37. The summed E-state index contributed by atoms with van der Waals surface area (Å²) in [5.41, 5.74) is -3.25. The Labute approximate surface area is 196 Å². The van der Waals surface area contributed by atoms with Gasteiger partial charge in [-0.2, -0.15) is 26.3 Å². The lowest BCUT2D eigenvalue weighted by molar-refractivity contribution is -0.138. The van der Waals surface area contributed by atoms with Gasteiger partial charge in [0.05, 0.1) is 11.1 Å². The Bertz CT molecular complexity index is 1140. The van der Waals surface area contributed by atoms with Crippen LogP contribution >= 0.6 is 0 Å². The Morgan fingerprint density at radius 3 is 1.44 bits per heavy atom. The topological polar surface area (TPSA) is 52.6 Å². The van der Waals surface area contributed by atoms with Crippen molar-refractivity contribution in [3.8, 4) is 0 Å². The summed E-state index contributed by atoms with van der Waals surface area (Å²) in [5.74, 6) is -5.34. The maximum Gasteiger partial charge on any atom is 0.796 e. The maximum atomic E-state index is 12.8. The highest BCUT2D eigenvalue weighted by Gasteiger charge is 2.32. The van der Waals surface area contributed by atoms with E-state index in [1.807, 2.05) is 0 Å². The van der Waals surface area contributed by atoms with E-state index in [-0.39, 0.29) is 12.2 Å². The molecule has 0 radical (unpaired) electrons. The average molecular weight is 526 g/mol. The van der Waals surface area contributed by atoms with Crippen molar-refractivity contribution >= 4 is 32.3 Å². The van der Waals surface area contributed by atoms with E-state index < -0.39 is 72.6 Å². The Morgan fingerprint density at radius 1 is 0.639 bits per heavy atom.